The van der Waals surface area contributed by atoms with Gasteiger partial charge in [-0.05, 0) is 61.1 Å². The lowest BCUT2D eigenvalue weighted by molar-refractivity contribution is -0.147. The number of carbonyl (C=O) groups excluding carboxylic acids is 2. The highest BCUT2D eigenvalue weighted by molar-refractivity contribution is 6.61. The van der Waals surface area contributed by atoms with Gasteiger partial charge < -0.3 is 23.5 Å². The molecule has 0 radical (unpaired) electrons. The second kappa shape index (κ2) is 12.3. The topological polar surface area (TPSA) is 80.3 Å². The van der Waals surface area contributed by atoms with Gasteiger partial charge in [0.2, 0.25) is 0 Å². The number of hydrogen-bond acceptors (Lipinski definition) is 7. The highest BCUT2D eigenvalue weighted by Crippen LogP contribution is 2.16. The number of carbonyl (C=O) groups is 2. The van der Waals surface area contributed by atoms with Crippen LogP contribution < -0.4 is 14.9 Å². The van der Waals surface area contributed by atoms with Gasteiger partial charge in [-0.25, -0.2) is 4.79 Å². The first-order chi connectivity index (χ1) is 15.5. The van der Waals surface area contributed by atoms with Gasteiger partial charge in [0.05, 0.1) is 24.7 Å². The molecular weight excluding hydrogens is 411 g/mol. The molecule has 32 heavy (non-hydrogen) atoms. The summed E-state index contributed by atoms with van der Waals surface area (Å²) in [5, 5.41) is 0. The van der Waals surface area contributed by atoms with Crippen molar-refractivity contribution in [2.45, 2.75) is 33.1 Å². The number of ether oxygens (including phenoxy) is 3. The molecule has 1 aliphatic heterocycles. The molecule has 170 valence electrons. The molecule has 0 N–H and O–H groups in total. The van der Waals surface area contributed by atoms with Crippen molar-refractivity contribution < 1.29 is 33.1 Å². The predicted octanol–water partition coefficient (Wildman–Crippen LogP) is 3.40. The number of benzene rings is 2. The maximum Gasteiger partial charge on any atom is 0.493 e. The normalized spacial score (nSPS) is 13.7. The molecule has 2 aromatic rings. The van der Waals surface area contributed by atoms with Gasteiger partial charge in [-0.1, -0.05) is 26.0 Å². The second-order valence-corrected chi connectivity index (χ2v) is 7.79. The van der Waals surface area contributed by atoms with Crippen LogP contribution in [0.1, 0.15) is 43.5 Å². The molecule has 0 amide bonds. The number of esters is 2. The molecular formula is C24H29BO7. The number of unbranched alkanes of at least 4 members (excludes halogenated alkanes) is 1. The Morgan fingerprint density at radius 3 is 2.19 bits per heavy atom. The van der Waals surface area contributed by atoms with E-state index in [0.717, 1.165) is 24.7 Å². The third-order valence-corrected chi connectivity index (χ3v) is 4.80. The average Bonchev–Trinajstić information content (AvgIpc) is 2.82. The fraction of sp³-hybridized carbons (Fsp3) is 0.417. The molecule has 1 saturated heterocycles. The molecule has 2 aromatic carbocycles. The maximum atomic E-state index is 12.4. The second-order valence-electron chi connectivity index (χ2n) is 7.79. The van der Waals surface area contributed by atoms with Crippen LogP contribution in [0.2, 0.25) is 0 Å². The first kappa shape index (κ1) is 23.8. The van der Waals surface area contributed by atoms with E-state index in [4.69, 9.17) is 23.5 Å². The minimum absolute atomic E-state index is 0.110. The summed E-state index contributed by atoms with van der Waals surface area (Å²) in [6.45, 7) is 5.87. The molecule has 0 bridgehead atoms. The summed E-state index contributed by atoms with van der Waals surface area (Å²) in [7, 11) is -0.365. The summed E-state index contributed by atoms with van der Waals surface area (Å²) in [4.78, 5) is 23.8. The van der Waals surface area contributed by atoms with E-state index in [1.54, 1.807) is 36.4 Å². The largest absolute Gasteiger partial charge is 0.494 e. The molecule has 0 aromatic heterocycles. The number of hydrogen-bond donors (Lipinski definition) is 0. The fourth-order valence-corrected chi connectivity index (χ4v) is 2.96. The Hall–Kier alpha value is -2.84. The van der Waals surface area contributed by atoms with Gasteiger partial charge in [-0.3, -0.25) is 4.79 Å². The van der Waals surface area contributed by atoms with E-state index in [1.807, 2.05) is 26.0 Å². The monoisotopic (exact) mass is 440 g/mol. The molecule has 0 spiro atoms. The fourth-order valence-electron chi connectivity index (χ4n) is 2.96. The first-order valence-corrected chi connectivity index (χ1v) is 11.0. The van der Waals surface area contributed by atoms with Crippen molar-refractivity contribution in [2.75, 3.05) is 26.4 Å². The lowest BCUT2D eigenvalue weighted by atomic mass is 9.78. The minimum Gasteiger partial charge on any atom is -0.494 e. The average molecular weight is 440 g/mol. The van der Waals surface area contributed by atoms with Crippen LogP contribution in [0.3, 0.4) is 0 Å². The standard InChI is InChI=1S/C24H29BO7/c1-18(2)23(26)29-15-4-3-14-28-21-10-6-19(7-11-21)24(27)32-22-12-8-20(9-13-22)25-30-16-5-17-31-25/h6-13,18H,3-5,14-17H2,1-2H3. The lowest BCUT2D eigenvalue weighted by Crippen LogP contribution is -2.40. The maximum absolute atomic E-state index is 12.4. The molecule has 0 saturated carbocycles. The van der Waals surface area contributed by atoms with Crippen molar-refractivity contribution in [3.05, 3.63) is 54.1 Å². The molecule has 8 heteroatoms. The zero-order chi connectivity index (χ0) is 22.8. The zero-order valence-corrected chi connectivity index (χ0v) is 18.6. The smallest absolute Gasteiger partial charge is 0.493 e. The Morgan fingerprint density at radius 2 is 1.53 bits per heavy atom. The third-order valence-electron chi connectivity index (χ3n) is 4.80. The summed E-state index contributed by atoms with van der Waals surface area (Å²) in [6, 6.07) is 13.9. The quantitative estimate of drug-likeness (QED) is 0.243. The number of rotatable bonds is 10. The van der Waals surface area contributed by atoms with Crippen molar-refractivity contribution in [2.24, 2.45) is 5.92 Å². The highest BCUT2D eigenvalue weighted by atomic mass is 16.6. The van der Waals surface area contributed by atoms with E-state index in [2.05, 4.69) is 0 Å². The van der Waals surface area contributed by atoms with Crippen LogP contribution in [0, 0.1) is 5.92 Å². The lowest BCUT2D eigenvalue weighted by Gasteiger charge is -2.19. The Balaban J connectivity index is 1.39. The Bertz CT molecular complexity index is 859. The van der Waals surface area contributed by atoms with Gasteiger partial charge in [0.15, 0.2) is 0 Å². The molecule has 1 heterocycles. The predicted molar refractivity (Wildman–Crippen MR) is 120 cm³/mol. The third kappa shape index (κ3) is 7.39. The summed E-state index contributed by atoms with van der Waals surface area (Å²) >= 11 is 0. The van der Waals surface area contributed by atoms with Crippen molar-refractivity contribution >= 4 is 24.5 Å². The van der Waals surface area contributed by atoms with E-state index >= 15 is 0 Å². The minimum atomic E-state index is -0.443. The molecule has 1 fully saturated rings. The van der Waals surface area contributed by atoms with Crippen molar-refractivity contribution in [3.63, 3.8) is 0 Å². The SMILES string of the molecule is CC(C)C(=O)OCCCCOc1ccc(C(=O)Oc2ccc(B3OCCCO3)cc2)cc1. The first-order valence-electron chi connectivity index (χ1n) is 11.0. The molecule has 3 rings (SSSR count). The van der Waals surface area contributed by atoms with E-state index < -0.39 is 5.97 Å². The van der Waals surface area contributed by atoms with Crippen LogP contribution in [0.4, 0.5) is 0 Å². The van der Waals surface area contributed by atoms with Gasteiger partial charge >= 0.3 is 19.1 Å². The van der Waals surface area contributed by atoms with Crippen molar-refractivity contribution in [1.82, 2.24) is 0 Å². The Morgan fingerprint density at radius 1 is 0.906 bits per heavy atom. The Labute approximate surface area is 189 Å². The van der Waals surface area contributed by atoms with Gasteiger partial charge in [0.25, 0.3) is 0 Å². The molecule has 0 unspecified atom stereocenters. The highest BCUT2D eigenvalue weighted by Gasteiger charge is 2.24. The summed E-state index contributed by atoms with van der Waals surface area (Å²) in [6.07, 6.45) is 2.40. The molecule has 0 aliphatic carbocycles. The van der Waals surface area contributed by atoms with E-state index in [9.17, 15) is 9.59 Å². The van der Waals surface area contributed by atoms with Crippen LogP contribution >= 0.6 is 0 Å². The summed E-state index contributed by atoms with van der Waals surface area (Å²) in [5.41, 5.74) is 1.32. The van der Waals surface area contributed by atoms with Gasteiger partial charge in [-0.2, -0.15) is 0 Å². The van der Waals surface area contributed by atoms with E-state index in [0.29, 0.717) is 43.5 Å². The van der Waals surface area contributed by atoms with Crippen molar-refractivity contribution in [1.29, 1.82) is 0 Å². The van der Waals surface area contributed by atoms with Crippen LogP contribution in [0.15, 0.2) is 48.5 Å². The molecule has 1 aliphatic rings. The van der Waals surface area contributed by atoms with Crippen LogP contribution in [0.25, 0.3) is 0 Å². The van der Waals surface area contributed by atoms with Gasteiger partial charge in [0.1, 0.15) is 11.5 Å². The van der Waals surface area contributed by atoms with Crippen LogP contribution in [-0.2, 0) is 18.8 Å². The Kier molecular flexibility index (Phi) is 9.13. The summed E-state index contributed by atoms with van der Waals surface area (Å²) in [5.74, 6) is 0.380. The van der Waals surface area contributed by atoms with Gasteiger partial charge in [0, 0.05) is 13.2 Å². The van der Waals surface area contributed by atoms with Gasteiger partial charge in [-0.15, -0.1) is 0 Å². The van der Waals surface area contributed by atoms with Crippen LogP contribution in [0.5, 0.6) is 11.5 Å². The van der Waals surface area contributed by atoms with Crippen molar-refractivity contribution in [3.8, 4) is 11.5 Å². The summed E-state index contributed by atoms with van der Waals surface area (Å²) < 4.78 is 27.4. The van der Waals surface area contributed by atoms with Crippen LogP contribution in [-0.4, -0.2) is 45.5 Å². The molecule has 7 nitrogen and oxygen atoms in total. The van der Waals surface area contributed by atoms with E-state index in [-0.39, 0.29) is 19.0 Å². The van der Waals surface area contributed by atoms with E-state index in [1.165, 1.54) is 0 Å². The zero-order valence-electron chi connectivity index (χ0n) is 18.6. The molecule has 0 atom stereocenters.